The van der Waals surface area contributed by atoms with Gasteiger partial charge in [0, 0.05) is 17.0 Å². The fraction of sp³-hybridized carbons (Fsp3) is 0.200. The summed E-state index contributed by atoms with van der Waals surface area (Å²) in [5.74, 6) is 0. The number of hydrogen-bond donors (Lipinski definition) is 1. The number of nitrogens with two attached hydrogens (primary N) is 1. The Labute approximate surface area is 75.6 Å². The average molecular weight is 214 g/mol. The summed E-state index contributed by atoms with van der Waals surface area (Å²) in [6, 6.07) is 0. The molecule has 1 rings (SSSR count). The maximum Gasteiger partial charge on any atom is 0.178 e. The first-order chi connectivity index (χ1) is 4.52. The largest absolute Gasteiger partial charge is 0.397 e. The Morgan fingerprint density at radius 2 is 2.00 bits per heavy atom. The molecule has 0 bridgehead atoms. The third-order valence-electron chi connectivity index (χ3n) is 1.05. The highest BCUT2D eigenvalue weighted by molar-refractivity contribution is 7.91. The summed E-state index contributed by atoms with van der Waals surface area (Å²) in [4.78, 5) is 0.234. The molecule has 1 heterocycles. The van der Waals surface area contributed by atoms with Crippen molar-refractivity contribution < 1.29 is 8.42 Å². The van der Waals surface area contributed by atoms with Crippen LogP contribution in [0.5, 0.6) is 0 Å². The molecule has 0 aliphatic heterocycles. The van der Waals surface area contributed by atoms with E-state index in [1.807, 2.05) is 0 Å². The molecule has 0 aliphatic rings. The third kappa shape index (κ3) is 2.36. The monoisotopic (exact) mass is 213 g/mol. The van der Waals surface area contributed by atoms with Crippen molar-refractivity contribution in [2.45, 2.75) is 4.90 Å². The van der Waals surface area contributed by atoms with Crippen LogP contribution in [0.1, 0.15) is 0 Å². The van der Waals surface area contributed by atoms with Crippen LogP contribution < -0.4 is 5.73 Å². The van der Waals surface area contributed by atoms with E-state index >= 15 is 0 Å². The Morgan fingerprint density at radius 1 is 1.45 bits per heavy atom. The van der Waals surface area contributed by atoms with E-state index in [0.717, 1.165) is 6.26 Å². The summed E-state index contributed by atoms with van der Waals surface area (Å²) in [6.07, 6.45) is 1.14. The zero-order chi connectivity index (χ0) is 7.78. The first-order valence-corrected chi connectivity index (χ1v) is 5.37. The van der Waals surface area contributed by atoms with E-state index in [0.29, 0.717) is 5.69 Å². The molecule has 0 saturated heterocycles. The lowest BCUT2D eigenvalue weighted by Gasteiger charge is -1.92. The molecule has 1 aromatic heterocycles. The highest BCUT2D eigenvalue weighted by Gasteiger charge is 2.10. The molecule has 2 N–H and O–H groups in total. The SMILES string of the molecule is CS(=O)(=O)c1cscc1N.Cl. The first kappa shape index (κ1) is 10.7. The smallest absolute Gasteiger partial charge is 0.178 e. The van der Waals surface area contributed by atoms with E-state index in [1.165, 1.54) is 16.7 Å². The summed E-state index contributed by atoms with van der Waals surface area (Å²) in [5, 5.41) is 3.14. The van der Waals surface area contributed by atoms with Crippen molar-refractivity contribution in [1.29, 1.82) is 0 Å². The molecule has 0 spiro atoms. The van der Waals surface area contributed by atoms with Gasteiger partial charge in [-0.15, -0.1) is 23.7 Å². The Balaban J connectivity index is 0.000001000. The number of anilines is 1. The number of rotatable bonds is 1. The molecule has 0 unspecified atom stereocenters. The van der Waals surface area contributed by atoms with Crippen molar-refractivity contribution in [3.8, 4) is 0 Å². The predicted molar refractivity (Wildman–Crippen MR) is 49.1 cm³/mol. The van der Waals surface area contributed by atoms with Crippen molar-refractivity contribution in [1.82, 2.24) is 0 Å². The topological polar surface area (TPSA) is 60.2 Å². The van der Waals surface area contributed by atoms with E-state index in [-0.39, 0.29) is 17.3 Å². The van der Waals surface area contributed by atoms with Gasteiger partial charge in [-0.05, 0) is 0 Å². The molecule has 0 fully saturated rings. The van der Waals surface area contributed by atoms with Crippen LogP contribution in [-0.4, -0.2) is 14.7 Å². The fourth-order valence-electron chi connectivity index (χ4n) is 0.597. The maximum absolute atomic E-state index is 10.8. The third-order valence-corrected chi connectivity index (χ3v) is 3.12. The number of nitrogen functional groups attached to an aromatic ring is 1. The van der Waals surface area contributed by atoms with Crippen molar-refractivity contribution in [2.75, 3.05) is 12.0 Å². The molecule has 0 aromatic carbocycles. The predicted octanol–water partition coefficient (Wildman–Crippen LogP) is 1.16. The zero-order valence-electron chi connectivity index (χ0n) is 5.77. The first-order valence-electron chi connectivity index (χ1n) is 2.53. The second-order valence-electron chi connectivity index (χ2n) is 1.96. The van der Waals surface area contributed by atoms with E-state index in [9.17, 15) is 8.42 Å². The highest BCUT2D eigenvalue weighted by Crippen LogP contribution is 2.21. The van der Waals surface area contributed by atoms with Crippen LogP contribution in [0.15, 0.2) is 15.7 Å². The number of hydrogen-bond acceptors (Lipinski definition) is 4. The van der Waals surface area contributed by atoms with Crippen molar-refractivity contribution in [3.63, 3.8) is 0 Å². The molecule has 0 radical (unpaired) electrons. The second-order valence-corrected chi connectivity index (χ2v) is 4.69. The minimum Gasteiger partial charge on any atom is -0.397 e. The molecule has 6 heteroatoms. The number of sulfone groups is 1. The summed E-state index contributed by atoms with van der Waals surface area (Å²) in [6.45, 7) is 0. The summed E-state index contributed by atoms with van der Waals surface area (Å²) < 4.78 is 21.7. The zero-order valence-corrected chi connectivity index (χ0v) is 8.22. The summed E-state index contributed by atoms with van der Waals surface area (Å²) >= 11 is 1.29. The van der Waals surface area contributed by atoms with E-state index in [1.54, 1.807) is 5.38 Å². The lowest BCUT2D eigenvalue weighted by molar-refractivity contribution is 0.602. The minimum atomic E-state index is -3.10. The van der Waals surface area contributed by atoms with Gasteiger partial charge in [-0.1, -0.05) is 0 Å². The Hall–Kier alpha value is -0.260. The maximum atomic E-state index is 10.8. The van der Waals surface area contributed by atoms with Crippen LogP contribution in [0.25, 0.3) is 0 Å². The number of halogens is 1. The highest BCUT2D eigenvalue weighted by atomic mass is 35.5. The minimum absolute atomic E-state index is 0. The van der Waals surface area contributed by atoms with Gasteiger partial charge in [-0.2, -0.15) is 0 Å². The fourth-order valence-corrected chi connectivity index (χ4v) is 2.63. The second kappa shape index (κ2) is 3.42. The summed E-state index contributed by atoms with van der Waals surface area (Å²) in [7, 11) is -3.10. The molecule has 0 aliphatic carbocycles. The van der Waals surface area contributed by atoms with Gasteiger partial charge in [-0.3, -0.25) is 0 Å². The molecule has 0 atom stereocenters. The Morgan fingerprint density at radius 3 is 2.18 bits per heavy atom. The normalized spacial score (nSPS) is 10.6. The molecular formula is C5H8ClNO2S2. The van der Waals surface area contributed by atoms with Crippen molar-refractivity contribution in [2.24, 2.45) is 0 Å². The van der Waals surface area contributed by atoms with Gasteiger partial charge in [0.2, 0.25) is 0 Å². The van der Waals surface area contributed by atoms with Gasteiger partial charge in [0.05, 0.1) is 5.69 Å². The molecule has 0 amide bonds. The van der Waals surface area contributed by atoms with Crippen molar-refractivity contribution in [3.05, 3.63) is 10.8 Å². The van der Waals surface area contributed by atoms with E-state index in [4.69, 9.17) is 5.73 Å². The standard InChI is InChI=1S/C5H7NO2S2.ClH/c1-10(7,8)5-3-9-2-4(5)6;/h2-3H,6H2,1H3;1H. The lowest BCUT2D eigenvalue weighted by Crippen LogP contribution is -1.98. The van der Waals surface area contributed by atoms with Crippen LogP contribution in [0.4, 0.5) is 5.69 Å². The van der Waals surface area contributed by atoms with Gasteiger partial charge < -0.3 is 5.73 Å². The van der Waals surface area contributed by atoms with E-state index in [2.05, 4.69) is 0 Å². The lowest BCUT2D eigenvalue weighted by atomic mass is 10.6. The quantitative estimate of drug-likeness (QED) is 0.762. The Bertz CT molecular complexity index is 330. The van der Waals surface area contributed by atoms with Crippen LogP contribution in [0.2, 0.25) is 0 Å². The molecule has 64 valence electrons. The average Bonchev–Trinajstić information content (AvgIpc) is 2.11. The molecule has 11 heavy (non-hydrogen) atoms. The molecule has 0 saturated carbocycles. The van der Waals surface area contributed by atoms with Gasteiger partial charge in [0.25, 0.3) is 0 Å². The van der Waals surface area contributed by atoms with Crippen LogP contribution >= 0.6 is 23.7 Å². The van der Waals surface area contributed by atoms with Gasteiger partial charge >= 0.3 is 0 Å². The van der Waals surface area contributed by atoms with Gasteiger partial charge in [-0.25, -0.2) is 8.42 Å². The molecule has 3 nitrogen and oxygen atoms in total. The molecule has 1 aromatic rings. The summed E-state index contributed by atoms with van der Waals surface area (Å²) in [5.41, 5.74) is 5.70. The number of thiophene rings is 1. The van der Waals surface area contributed by atoms with E-state index < -0.39 is 9.84 Å². The van der Waals surface area contributed by atoms with Gasteiger partial charge in [0.15, 0.2) is 9.84 Å². The molecular weight excluding hydrogens is 206 g/mol. The van der Waals surface area contributed by atoms with Crippen LogP contribution in [0, 0.1) is 0 Å². The Kier molecular flexibility index (Phi) is 3.34. The van der Waals surface area contributed by atoms with Crippen LogP contribution in [-0.2, 0) is 9.84 Å². The van der Waals surface area contributed by atoms with Gasteiger partial charge in [0.1, 0.15) is 4.90 Å². The van der Waals surface area contributed by atoms with Crippen LogP contribution in [0.3, 0.4) is 0 Å². The van der Waals surface area contributed by atoms with Crippen molar-refractivity contribution >= 4 is 39.3 Å².